The minimum Gasteiger partial charge on any atom is -0.496 e. The molecule has 1 aromatic rings. The Bertz CT molecular complexity index is 427. The van der Waals surface area contributed by atoms with Gasteiger partial charge < -0.3 is 10.1 Å². The normalized spacial score (nSPS) is 24.4. The number of methoxy groups -OCH3 is 1. The van der Waals surface area contributed by atoms with E-state index in [0.29, 0.717) is 12.1 Å². The molecule has 0 saturated heterocycles. The lowest BCUT2D eigenvalue weighted by Gasteiger charge is -2.24. The fraction of sp³-hybridized carbons (Fsp3) is 0.600. The average Bonchev–Trinajstić information content (AvgIpc) is 2.85. The second-order valence-electron chi connectivity index (χ2n) is 5.09. The molecule has 1 aliphatic carbocycles. The van der Waals surface area contributed by atoms with Gasteiger partial charge >= 0.3 is 0 Å². The van der Waals surface area contributed by atoms with Crippen molar-refractivity contribution in [2.45, 2.75) is 43.5 Å². The standard InChI is InChI=1S/C15H22BrNOS/c1-10(17-13-5-4-6-15(13)19-3)11-7-8-14(18-2)12(16)9-11/h7-10,13,15,17H,4-6H2,1-3H3. The van der Waals surface area contributed by atoms with Gasteiger partial charge in [0.1, 0.15) is 5.75 Å². The van der Waals surface area contributed by atoms with Crippen LogP contribution in [0.15, 0.2) is 22.7 Å². The largest absolute Gasteiger partial charge is 0.496 e. The van der Waals surface area contributed by atoms with Crippen molar-refractivity contribution in [3.8, 4) is 5.75 Å². The third kappa shape index (κ3) is 3.67. The molecule has 4 heteroatoms. The van der Waals surface area contributed by atoms with Crippen LogP contribution in [0.5, 0.6) is 5.75 Å². The molecule has 2 rings (SSSR count). The first-order valence-electron chi connectivity index (χ1n) is 6.78. The molecule has 0 amide bonds. The van der Waals surface area contributed by atoms with Crippen LogP contribution >= 0.6 is 27.7 Å². The van der Waals surface area contributed by atoms with Crippen LogP contribution in [0.1, 0.15) is 37.8 Å². The molecule has 1 fully saturated rings. The van der Waals surface area contributed by atoms with Crippen LogP contribution in [0.3, 0.4) is 0 Å². The molecule has 0 spiro atoms. The highest BCUT2D eigenvalue weighted by Crippen LogP contribution is 2.32. The molecule has 0 aliphatic heterocycles. The Kier molecular flexibility index (Phi) is 5.60. The van der Waals surface area contributed by atoms with Crippen LogP contribution in [-0.4, -0.2) is 24.7 Å². The molecular formula is C15H22BrNOS. The summed E-state index contributed by atoms with van der Waals surface area (Å²) in [6, 6.07) is 7.34. The second kappa shape index (κ2) is 7.00. The van der Waals surface area contributed by atoms with Gasteiger partial charge in [-0.3, -0.25) is 0 Å². The van der Waals surface area contributed by atoms with E-state index in [1.165, 1.54) is 24.8 Å². The molecule has 1 aliphatic rings. The van der Waals surface area contributed by atoms with E-state index in [2.05, 4.69) is 46.6 Å². The Morgan fingerprint density at radius 2 is 2.21 bits per heavy atom. The van der Waals surface area contributed by atoms with Crippen LogP contribution in [0.4, 0.5) is 0 Å². The Morgan fingerprint density at radius 1 is 1.42 bits per heavy atom. The van der Waals surface area contributed by atoms with Gasteiger partial charge in [0.05, 0.1) is 11.6 Å². The second-order valence-corrected chi connectivity index (χ2v) is 7.03. The Labute approximate surface area is 128 Å². The molecule has 1 N–H and O–H groups in total. The van der Waals surface area contributed by atoms with Gasteiger partial charge in [0.25, 0.3) is 0 Å². The van der Waals surface area contributed by atoms with Gasteiger partial charge in [0.15, 0.2) is 0 Å². The van der Waals surface area contributed by atoms with E-state index in [1.807, 2.05) is 17.8 Å². The fourth-order valence-electron chi connectivity index (χ4n) is 2.77. The van der Waals surface area contributed by atoms with Crippen molar-refractivity contribution in [1.29, 1.82) is 0 Å². The molecule has 1 aromatic carbocycles. The highest BCUT2D eigenvalue weighted by Gasteiger charge is 2.27. The van der Waals surface area contributed by atoms with E-state index in [4.69, 9.17) is 4.74 Å². The van der Waals surface area contributed by atoms with Gasteiger partial charge in [0, 0.05) is 17.3 Å². The number of benzene rings is 1. The predicted molar refractivity (Wildman–Crippen MR) is 87.2 cm³/mol. The SMILES string of the molecule is COc1ccc(C(C)NC2CCCC2SC)cc1Br. The van der Waals surface area contributed by atoms with Gasteiger partial charge in [-0.15, -0.1) is 0 Å². The number of hydrogen-bond acceptors (Lipinski definition) is 3. The predicted octanol–water partition coefficient (Wildman–Crippen LogP) is 4.39. The van der Waals surface area contributed by atoms with E-state index < -0.39 is 0 Å². The average molecular weight is 344 g/mol. The molecule has 0 aromatic heterocycles. The molecule has 0 bridgehead atoms. The molecule has 2 nitrogen and oxygen atoms in total. The lowest BCUT2D eigenvalue weighted by atomic mass is 10.1. The Morgan fingerprint density at radius 3 is 2.84 bits per heavy atom. The van der Waals surface area contributed by atoms with Crippen molar-refractivity contribution < 1.29 is 4.74 Å². The third-order valence-corrected chi connectivity index (χ3v) is 5.68. The summed E-state index contributed by atoms with van der Waals surface area (Å²) in [4.78, 5) is 0. The van der Waals surface area contributed by atoms with Crippen molar-refractivity contribution in [3.05, 3.63) is 28.2 Å². The Hall–Kier alpha value is -0.190. The van der Waals surface area contributed by atoms with Crippen molar-refractivity contribution in [3.63, 3.8) is 0 Å². The van der Waals surface area contributed by atoms with Crippen molar-refractivity contribution in [2.75, 3.05) is 13.4 Å². The first-order valence-corrected chi connectivity index (χ1v) is 8.86. The quantitative estimate of drug-likeness (QED) is 0.856. The van der Waals surface area contributed by atoms with Gasteiger partial charge in [-0.1, -0.05) is 12.5 Å². The minimum atomic E-state index is 0.375. The summed E-state index contributed by atoms with van der Waals surface area (Å²) in [5.74, 6) is 0.888. The van der Waals surface area contributed by atoms with Crippen LogP contribution in [0, 0.1) is 0 Å². The molecule has 0 radical (unpaired) electrons. The maximum Gasteiger partial charge on any atom is 0.133 e. The lowest BCUT2D eigenvalue weighted by Crippen LogP contribution is -2.35. The Balaban J connectivity index is 2.03. The minimum absolute atomic E-state index is 0.375. The molecule has 19 heavy (non-hydrogen) atoms. The lowest BCUT2D eigenvalue weighted by molar-refractivity contribution is 0.411. The fourth-order valence-corrected chi connectivity index (χ4v) is 4.27. The van der Waals surface area contributed by atoms with Crippen LogP contribution < -0.4 is 10.1 Å². The highest BCUT2D eigenvalue weighted by molar-refractivity contribution is 9.10. The number of thioether (sulfide) groups is 1. The summed E-state index contributed by atoms with van der Waals surface area (Å²) in [7, 11) is 1.70. The maximum absolute atomic E-state index is 5.28. The van der Waals surface area contributed by atoms with Gasteiger partial charge in [-0.25, -0.2) is 0 Å². The molecule has 1 saturated carbocycles. The van der Waals surface area contributed by atoms with Crippen molar-refractivity contribution in [1.82, 2.24) is 5.32 Å². The summed E-state index contributed by atoms with van der Waals surface area (Å²) in [5, 5.41) is 4.55. The number of hydrogen-bond donors (Lipinski definition) is 1. The summed E-state index contributed by atoms with van der Waals surface area (Å²) in [6.45, 7) is 2.24. The zero-order valence-corrected chi connectivity index (χ0v) is 14.2. The van der Waals surface area contributed by atoms with Crippen molar-refractivity contribution >= 4 is 27.7 Å². The molecular weight excluding hydrogens is 322 g/mol. The summed E-state index contributed by atoms with van der Waals surface area (Å²) >= 11 is 5.55. The monoisotopic (exact) mass is 343 g/mol. The van der Waals surface area contributed by atoms with E-state index in [0.717, 1.165) is 15.5 Å². The first kappa shape index (κ1) is 15.2. The first-order chi connectivity index (χ1) is 9.15. The van der Waals surface area contributed by atoms with Crippen LogP contribution in [0.2, 0.25) is 0 Å². The number of halogens is 1. The topological polar surface area (TPSA) is 21.3 Å². The van der Waals surface area contributed by atoms with E-state index in [-0.39, 0.29) is 0 Å². The number of rotatable bonds is 5. The zero-order valence-electron chi connectivity index (χ0n) is 11.8. The number of ether oxygens (including phenoxy) is 1. The van der Waals surface area contributed by atoms with E-state index in [9.17, 15) is 0 Å². The highest BCUT2D eigenvalue weighted by atomic mass is 79.9. The zero-order chi connectivity index (χ0) is 13.8. The molecule has 106 valence electrons. The maximum atomic E-state index is 5.28. The summed E-state index contributed by atoms with van der Waals surface area (Å²) < 4.78 is 6.30. The van der Waals surface area contributed by atoms with E-state index >= 15 is 0 Å². The molecule has 3 unspecified atom stereocenters. The smallest absolute Gasteiger partial charge is 0.133 e. The van der Waals surface area contributed by atoms with Gasteiger partial charge in [-0.05, 0) is 59.6 Å². The van der Waals surface area contributed by atoms with Crippen molar-refractivity contribution in [2.24, 2.45) is 0 Å². The van der Waals surface area contributed by atoms with Crippen LogP contribution in [-0.2, 0) is 0 Å². The van der Waals surface area contributed by atoms with E-state index in [1.54, 1.807) is 7.11 Å². The van der Waals surface area contributed by atoms with Gasteiger partial charge in [-0.2, -0.15) is 11.8 Å². The number of nitrogens with one attached hydrogen (secondary N) is 1. The summed E-state index contributed by atoms with van der Waals surface area (Å²) in [6.07, 6.45) is 6.21. The summed E-state index contributed by atoms with van der Waals surface area (Å²) in [5.41, 5.74) is 1.31. The van der Waals surface area contributed by atoms with Crippen LogP contribution in [0.25, 0.3) is 0 Å². The van der Waals surface area contributed by atoms with Gasteiger partial charge in [0.2, 0.25) is 0 Å². The molecule has 0 heterocycles. The third-order valence-electron chi connectivity index (χ3n) is 3.90. The molecule has 3 atom stereocenters.